The summed E-state index contributed by atoms with van der Waals surface area (Å²) >= 11 is 0. The molecule has 0 aliphatic carbocycles. The lowest BCUT2D eigenvalue weighted by Gasteiger charge is -2.47. The zero-order valence-corrected chi connectivity index (χ0v) is 63.0. The monoisotopic (exact) mass is 1630 g/mol. The molecule has 7 atom stereocenters. The van der Waals surface area contributed by atoms with E-state index in [0.29, 0.717) is 95.8 Å². The number of hydrogen-bond acceptors (Lipinski definition) is 22. The van der Waals surface area contributed by atoms with Crippen LogP contribution in [0.15, 0.2) is 79.3 Å². The molecule has 8 N–H and O–H groups in total. The van der Waals surface area contributed by atoms with E-state index >= 15 is 44.7 Å². The van der Waals surface area contributed by atoms with E-state index in [9.17, 15) is 60.1 Å². The largest absolute Gasteiger partial charge is 0.524 e. The second-order valence-electron chi connectivity index (χ2n) is 28.3. The van der Waals surface area contributed by atoms with Crippen LogP contribution in [0.5, 0.6) is 5.75 Å². The summed E-state index contributed by atoms with van der Waals surface area (Å²) in [6.45, 7) is 0.835. The highest BCUT2D eigenvalue weighted by Crippen LogP contribution is 2.46. The molecule has 5 amide bonds. The number of hydrogen-bond donors (Lipinski definition) is 8. The number of aromatic nitrogens is 4. The van der Waals surface area contributed by atoms with E-state index in [-0.39, 0.29) is 33.5 Å². The van der Waals surface area contributed by atoms with E-state index in [0.717, 1.165) is 57.5 Å². The summed E-state index contributed by atoms with van der Waals surface area (Å²) in [6, 6.07) is 1.89. The maximum atomic E-state index is 16.9. The first-order chi connectivity index (χ1) is 52.1. The minimum absolute atomic E-state index is 0.0423. The van der Waals surface area contributed by atoms with Crippen LogP contribution in [0, 0.1) is 34.3 Å². The third kappa shape index (κ3) is 22.3. The highest BCUT2D eigenvalue weighted by Gasteiger charge is 2.58. The van der Waals surface area contributed by atoms with Crippen LogP contribution < -0.4 is 36.1 Å². The van der Waals surface area contributed by atoms with Crippen molar-refractivity contribution in [1.82, 2.24) is 56.4 Å². The molecule has 31 nitrogen and oxygen atoms in total. The molecule has 3 aromatic carbocycles. The quantitative estimate of drug-likeness (QED) is 0.00447. The number of carbonyl (C=O) groups is 7. The Morgan fingerprint density at radius 1 is 0.750 bits per heavy atom. The number of alkyl carbamates (subject to hydrolysis) is 2. The van der Waals surface area contributed by atoms with Gasteiger partial charge in [-0.1, -0.05) is 50.0 Å². The van der Waals surface area contributed by atoms with Crippen molar-refractivity contribution >= 4 is 65.7 Å². The number of methoxy groups -OCH3 is 3. The zero-order chi connectivity index (χ0) is 83.0. The third-order valence-electron chi connectivity index (χ3n) is 19.1. The fraction of sp³-hybridized carbons (Fsp3) is 0.507. The standard InChI is InChI=1S/C69H81F10N12O19PS/c1-65(2,55-40(11-10-12-51(55)110-111(99,100)101)26-53(92)82-50(60(96)105-7)36-112(102,103)104)27-54(93)109-52(33-89(87-59(95)57(85-64(98)107-9)67(5,6)69(77,78)79)32-45-46(70)24-41(25-47(45)71)48-21-22-90(86-48)61(72)73)49(83-58(94)56(84-63(97)106-8)66(3,4)68(74,75)76)23-38-16-13-37(14-17-38)15-18-39-28-80-62(81-29-39)88-30-42-19-20-43(31-88)91(42)44-34-108-35-44/h10-14,16-17,21-22,24-25,28-29,42-44,49-50,52,56-57,61H,19-20,23,26-27,30-36H2,1-9H3,(H,82,92)(H,83,94)(H,84,97)(H,85,98)(H,87,95)(H2,99,100,101)(H,102,103,104)/t42?,43?,49-,50-,52-,56+,57+/m0/s1. The lowest BCUT2D eigenvalue weighted by molar-refractivity contribution is -0.221. The molecule has 8 rings (SSSR count). The van der Waals surface area contributed by atoms with E-state index < -0.39 is 203 Å². The summed E-state index contributed by atoms with van der Waals surface area (Å²) in [6.07, 6.45) is -13.7. The van der Waals surface area contributed by atoms with Gasteiger partial charge in [-0.05, 0) is 94.5 Å². The van der Waals surface area contributed by atoms with Gasteiger partial charge in [0.05, 0.1) is 88.1 Å². The molecule has 0 saturated carbocycles. The van der Waals surface area contributed by atoms with E-state index in [2.05, 4.69) is 56.2 Å². The number of ether oxygens (including phenoxy) is 5. The van der Waals surface area contributed by atoms with Crippen LogP contribution in [0.2, 0.25) is 0 Å². The number of phosphoric acid groups is 1. The second-order valence-corrected chi connectivity index (χ2v) is 31.0. The Bertz CT molecular complexity index is 4470. The molecule has 3 aliphatic rings. The number of esters is 2. The number of phosphoric ester groups is 1. The van der Waals surface area contributed by atoms with Crippen LogP contribution in [-0.4, -0.2) is 215 Å². The molecule has 2 unspecified atom stereocenters. The third-order valence-corrected chi connectivity index (χ3v) is 20.2. The maximum absolute atomic E-state index is 16.9. The molecule has 2 aromatic heterocycles. The molecule has 0 radical (unpaired) electrons. The summed E-state index contributed by atoms with van der Waals surface area (Å²) in [5, 5.41) is 11.9. The molecule has 612 valence electrons. The highest BCUT2D eigenvalue weighted by atomic mass is 32.2. The van der Waals surface area contributed by atoms with E-state index in [1.807, 2.05) is 16.1 Å². The molecule has 43 heteroatoms. The lowest BCUT2D eigenvalue weighted by atomic mass is 9.77. The van der Waals surface area contributed by atoms with Crippen molar-refractivity contribution in [2.24, 2.45) is 10.8 Å². The summed E-state index contributed by atoms with van der Waals surface area (Å²) in [5.74, 6) is -6.90. The van der Waals surface area contributed by atoms with E-state index in [1.165, 1.54) is 50.5 Å². The molecule has 5 aromatic rings. The van der Waals surface area contributed by atoms with Gasteiger partial charge in [0.1, 0.15) is 47.4 Å². The predicted octanol–water partition coefficient (Wildman–Crippen LogP) is 6.49. The van der Waals surface area contributed by atoms with E-state index in [1.54, 1.807) is 5.32 Å². The first-order valence-corrected chi connectivity index (χ1v) is 37.2. The van der Waals surface area contributed by atoms with Crippen LogP contribution in [0.25, 0.3) is 11.3 Å². The highest BCUT2D eigenvalue weighted by molar-refractivity contribution is 7.85. The van der Waals surface area contributed by atoms with Crippen LogP contribution in [0.1, 0.15) is 101 Å². The van der Waals surface area contributed by atoms with Crippen molar-refractivity contribution in [2.45, 2.75) is 153 Å². The van der Waals surface area contributed by atoms with E-state index in [4.69, 9.17) is 14.0 Å². The number of nitrogens with zero attached hydrogens (tertiary/aromatic N) is 7. The SMILES string of the molecule is COC(=O)N[C@H](C(=O)N[C@@H](Cc1ccc(C#Cc2cnc(N3CC4CCC(C3)N4C3COC3)nc2)cc1)[C@H](CN(Cc1c(F)cc(-c2ccn(C(F)F)n2)cc1F)NC(=O)[C@@H](NC(=O)OC)C(C)(C)C(F)(F)F)OC(=O)CC(C)(C)c1c(CC(=O)N[C@@H](CS(=O)(=O)O)C(=O)OC)cccc1OP(=O)(O)O)C(C)(C)C(F)(F)F. The van der Waals surface area contributed by atoms with Gasteiger partial charge < -0.3 is 54.4 Å². The van der Waals surface area contributed by atoms with Crippen LogP contribution in [-0.2, 0) is 87.1 Å². The Kier molecular flexibility index (Phi) is 27.8. The Hall–Kier alpha value is -9.76. The number of halogens is 10. The molecule has 0 spiro atoms. The van der Waals surface area contributed by atoms with Gasteiger partial charge in [-0.3, -0.25) is 43.8 Å². The fourth-order valence-corrected chi connectivity index (χ4v) is 14.0. The Labute approximate surface area is 634 Å². The minimum atomic E-state index is -5.67. The zero-order valence-electron chi connectivity index (χ0n) is 61.3. The van der Waals surface area contributed by atoms with Crippen LogP contribution >= 0.6 is 7.82 Å². The lowest BCUT2D eigenvalue weighted by Crippen LogP contribution is -2.64. The molecule has 112 heavy (non-hydrogen) atoms. The number of nitrogens with one attached hydrogen (secondary N) is 5. The molecular weight excluding hydrogens is 1550 g/mol. The number of hydrazine groups is 1. The van der Waals surface area contributed by atoms with Gasteiger partial charge in [-0.15, -0.1) is 0 Å². The number of benzene rings is 3. The smallest absolute Gasteiger partial charge is 0.467 e. The Morgan fingerprint density at radius 2 is 1.31 bits per heavy atom. The van der Waals surface area contributed by atoms with Gasteiger partial charge in [0, 0.05) is 78.0 Å². The maximum Gasteiger partial charge on any atom is 0.524 e. The van der Waals surface area contributed by atoms with Gasteiger partial charge in [-0.25, -0.2) is 47.4 Å². The number of fused-ring (bicyclic) bond motifs is 2. The summed E-state index contributed by atoms with van der Waals surface area (Å²) in [5.41, 5.74) is -8.83. The molecule has 3 aliphatic heterocycles. The Morgan fingerprint density at radius 3 is 1.81 bits per heavy atom. The average Bonchev–Trinajstić information content (AvgIpc) is 1.05. The summed E-state index contributed by atoms with van der Waals surface area (Å²) < 4.78 is 229. The van der Waals surface area contributed by atoms with Gasteiger partial charge in [0.15, 0.2) is 0 Å². The van der Waals surface area contributed by atoms with Crippen molar-refractivity contribution < 1.29 is 133 Å². The second kappa shape index (κ2) is 35.5. The minimum Gasteiger partial charge on any atom is -0.467 e. The molecule has 3 saturated heterocycles. The van der Waals surface area contributed by atoms with Gasteiger partial charge in [0.25, 0.3) is 16.0 Å². The number of piperazine rings is 1. The van der Waals surface area contributed by atoms with Crippen molar-refractivity contribution in [3.63, 3.8) is 0 Å². The number of alkyl halides is 8. The number of anilines is 1. The molecule has 5 heterocycles. The van der Waals surface area contributed by atoms with Crippen molar-refractivity contribution in [1.29, 1.82) is 0 Å². The van der Waals surface area contributed by atoms with Crippen molar-refractivity contribution in [3.8, 4) is 28.8 Å². The molecular formula is C69H81F10N12O19PS. The normalized spacial score (nSPS) is 17.2. The number of carbonyl (C=O) groups excluding carboxylic acids is 7. The van der Waals surface area contributed by atoms with Gasteiger partial charge >= 0.3 is 50.8 Å². The van der Waals surface area contributed by atoms with Crippen LogP contribution in [0.3, 0.4) is 0 Å². The Balaban J connectivity index is 1.27. The topological polar surface area (TPSA) is 400 Å². The summed E-state index contributed by atoms with van der Waals surface area (Å²) in [7, 11) is -8.47. The first-order valence-electron chi connectivity index (χ1n) is 34.0. The van der Waals surface area contributed by atoms with Gasteiger partial charge in [-0.2, -0.15) is 48.6 Å². The molecule has 3 fully saturated rings. The van der Waals surface area contributed by atoms with Gasteiger partial charge in [0.2, 0.25) is 17.8 Å². The number of rotatable bonds is 31. The average molecular weight is 1640 g/mol. The van der Waals surface area contributed by atoms with Crippen molar-refractivity contribution in [2.75, 3.05) is 64.8 Å². The fourth-order valence-electron chi connectivity index (χ4n) is 13.0. The summed E-state index contributed by atoms with van der Waals surface area (Å²) in [4.78, 5) is 132. The first kappa shape index (κ1) is 87.8. The number of amides is 5. The predicted molar refractivity (Wildman–Crippen MR) is 372 cm³/mol. The van der Waals surface area contributed by atoms with Crippen LogP contribution in [0.4, 0.5) is 59.4 Å². The van der Waals surface area contributed by atoms with Crippen molar-refractivity contribution in [3.05, 3.63) is 124 Å². The molecule has 2 bridgehead atoms.